The number of benzene rings is 2. The number of hydrogen-bond acceptors (Lipinski definition) is 2. The molecule has 2 aromatic rings. The highest BCUT2D eigenvalue weighted by atomic mass is 32.2. The SMILES string of the molecule is C[S@@](=O)(=Nc1cccc(F)c1)c1ccccc1. The van der Waals surface area contributed by atoms with Gasteiger partial charge in [0.25, 0.3) is 0 Å². The van der Waals surface area contributed by atoms with Gasteiger partial charge in [-0.15, -0.1) is 0 Å². The Balaban J connectivity index is 2.49. The molecule has 0 radical (unpaired) electrons. The lowest BCUT2D eigenvalue weighted by Crippen LogP contribution is -1.96. The molecule has 4 heteroatoms. The van der Waals surface area contributed by atoms with Crippen molar-refractivity contribution in [2.45, 2.75) is 4.90 Å². The summed E-state index contributed by atoms with van der Waals surface area (Å²) >= 11 is 0. The lowest BCUT2D eigenvalue weighted by atomic mass is 10.3. The predicted molar refractivity (Wildman–Crippen MR) is 67.3 cm³/mol. The van der Waals surface area contributed by atoms with E-state index in [1.165, 1.54) is 12.1 Å². The van der Waals surface area contributed by atoms with Crippen molar-refractivity contribution in [1.82, 2.24) is 0 Å². The van der Waals surface area contributed by atoms with E-state index in [0.717, 1.165) is 0 Å². The molecule has 2 rings (SSSR count). The molecule has 0 aromatic heterocycles. The van der Waals surface area contributed by atoms with Crippen LogP contribution in [0.2, 0.25) is 0 Å². The maximum Gasteiger partial charge on any atom is 0.125 e. The first-order valence-corrected chi connectivity index (χ1v) is 7.03. The molecule has 0 heterocycles. The van der Waals surface area contributed by atoms with Crippen LogP contribution in [0.3, 0.4) is 0 Å². The first-order valence-electron chi connectivity index (χ1n) is 5.11. The maximum absolute atomic E-state index is 13.0. The molecule has 1 atom stereocenters. The summed E-state index contributed by atoms with van der Waals surface area (Å²) < 4.78 is 29.5. The zero-order chi connectivity index (χ0) is 12.3. The largest absolute Gasteiger partial charge is 0.245 e. The molecule has 0 bridgehead atoms. The summed E-state index contributed by atoms with van der Waals surface area (Å²) in [5.41, 5.74) is 0.390. The van der Waals surface area contributed by atoms with E-state index in [2.05, 4.69) is 4.36 Å². The van der Waals surface area contributed by atoms with E-state index in [1.807, 2.05) is 6.07 Å². The van der Waals surface area contributed by atoms with Gasteiger partial charge in [-0.1, -0.05) is 24.3 Å². The summed E-state index contributed by atoms with van der Waals surface area (Å²) in [7, 11) is -2.52. The van der Waals surface area contributed by atoms with Crippen molar-refractivity contribution in [2.75, 3.05) is 6.26 Å². The molecule has 0 N–H and O–H groups in total. The molecule has 17 heavy (non-hydrogen) atoms. The molecule has 0 fully saturated rings. The van der Waals surface area contributed by atoms with Crippen molar-refractivity contribution in [3.05, 3.63) is 60.4 Å². The minimum Gasteiger partial charge on any atom is -0.245 e. The van der Waals surface area contributed by atoms with E-state index in [-0.39, 0.29) is 5.82 Å². The molecule has 0 aliphatic heterocycles. The second kappa shape index (κ2) is 4.67. The van der Waals surface area contributed by atoms with Crippen molar-refractivity contribution in [3.8, 4) is 0 Å². The van der Waals surface area contributed by atoms with Crippen LogP contribution in [0.25, 0.3) is 0 Å². The zero-order valence-electron chi connectivity index (χ0n) is 9.34. The summed E-state index contributed by atoms with van der Waals surface area (Å²) in [6, 6.07) is 14.8. The van der Waals surface area contributed by atoms with Gasteiger partial charge >= 0.3 is 0 Å². The van der Waals surface area contributed by atoms with Crippen molar-refractivity contribution < 1.29 is 8.60 Å². The molecule has 0 unspecified atom stereocenters. The van der Waals surface area contributed by atoms with E-state index < -0.39 is 9.73 Å². The van der Waals surface area contributed by atoms with E-state index in [4.69, 9.17) is 0 Å². The van der Waals surface area contributed by atoms with Crippen molar-refractivity contribution in [2.24, 2.45) is 4.36 Å². The molecule has 2 nitrogen and oxygen atoms in total. The Hall–Kier alpha value is -1.68. The molecule has 88 valence electrons. The van der Waals surface area contributed by atoms with Crippen molar-refractivity contribution in [1.29, 1.82) is 0 Å². The van der Waals surface area contributed by atoms with Gasteiger partial charge in [-0.2, -0.15) is 4.36 Å². The normalized spacial score (nSPS) is 14.0. The van der Waals surface area contributed by atoms with E-state index in [1.54, 1.807) is 42.7 Å². The van der Waals surface area contributed by atoms with Crippen LogP contribution in [0.5, 0.6) is 0 Å². The Morgan fingerprint density at radius 3 is 2.41 bits per heavy atom. The van der Waals surface area contributed by atoms with Crippen molar-refractivity contribution in [3.63, 3.8) is 0 Å². The molecule has 0 aliphatic carbocycles. The Morgan fingerprint density at radius 1 is 1.06 bits per heavy atom. The summed E-state index contributed by atoms with van der Waals surface area (Å²) in [6.07, 6.45) is 1.55. The standard InChI is InChI=1S/C13H12FNOS/c1-17(16,13-8-3-2-4-9-13)15-12-7-5-6-11(14)10-12/h2-10H,1H3/t17-/m0/s1. The highest BCUT2D eigenvalue weighted by Gasteiger charge is 2.05. The Bertz CT molecular complexity index is 631. The molecule has 0 amide bonds. The monoisotopic (exact) mass is 249 g/mol. The highest BCUT2D eigenvalue weighted by molar-refractivity contribution is 7.93. The second-order valence-electron chi connectivity index (χ2n) is 3.69. The summed E-state index contributed by atoms with van der Waals surface area (Å²) in [5, 5.41) is 0. The van der Waals surface area contributed by atoms with Crippen LogP contribution < -0.4 is 0 Å². The Labute approximate surface area is 100 Å². The van der Waals surface area contributed by atoms with Crippen LogP contribution in [0.1, 0.15) is 0 Å². The maximum atomic E-state index is 13.0. The van der Waals surface area contributed by atoms with Gasteiger partial charge in [0.15, 0.2) is 0 Å². The number of hydrogen-bond donors (Lipinski definition) is 0. The first kappa shape index (κ1) is 11.8. The number of rotatable bonds is 2. The van der Waals surface area contributed by atoms with Gasteiger partial charge in [0, 0.05) is 17.2 Å². The third kappa shape index (κ3) is 2.91. The molecular formula is C13H12FNOS. The van der Waals surface area contributed by atoms with Crippen LogP contribution >= 0.6 is 0 Å². The predicted octanol–water partition coefficient (Wildman–Crippen LogP) is 3.61. The van der Waals surface area contributed by atoms with Gasteiger partial charge in [0.1, 0.15) is 5.82 Å². The molecule has 0 saturated heterocycles. The average Bonchev–Trinajstić information content (AvgIpc) is 2.29. The fraction of sp³-hybridized carbons (Fsp3) is 0.0769. The van der Waals surface area contributed by atoms with Gasteiger partial charge in [-0.3, -0.25) is 0 Å². The summed E-state index contributed by atoms with van der Waals surface area (Å²) in [5.74, 6) is -0.380. The fourth-order valence-electron chi connectivity index (χ4n) is 1.46. The van der Waals surface area contributed by atoms with Gasteiger partial charge in [-0.05, 0) is 24.3 Å². The van der Waals surface area contributed by atoms with Crippen LogP contribution in [0, 0.1) is 5.82 Å². The summed E-state index contributed by atoms with van der Waals surface area (Å²) in [4.78, 5) is 0.643. The third-order valence-electron chi connectivity index (χ3n) is 2.27. The van der Waals surface area contributed by atoms with Gasteiger partial charge in [0.05, 0.1) is 15.4 Å². The molecule has 2 aromatic carbocycles. The van der Waals surface area contributed by atoms with Crippen LogP contribution in [-0.2, 0) is 9.73 Å². The lowest BCUT2D eigenvalue weighted by molar-refractivity contribution is 0.628. The quantitative estimate of drug-likeness (QED) is 0.799. The van der Waals surface area contributed by atoms with Crippen LogP contribution in [-0.4, -0.2) is 10.5 Å². The lowest BCUT2D eigenvalue weighted by Gasteiger charge is -2.04. The highest BCUT2D eigenvalue weighted by Crippen LogP contribution is 2.19. The zero-order valence-corrected chi connectivity index (χ0v) is 10.2. The van der Waals surface area contributed by atoms with E-state index in [0.29, 0.717) is 10.6 Å². The Morgan fingerprint density at radius 2 is 1.76 bits per heavy atom. The fourth-order valence-corrected chi connectivity index (χ4v) is 2.74. The molecule has 0 aliphatic rings. The van der Waals surface area contributed by atoms with Crippen LogP contribution in [0.4, 0.5) is 10.1 Å². The number of nitrogens with zero attached hydrogens (tertiary/aromatic N) is 1. The number of halogens is 1. The van der Waals surface area contributed by atoms with Crippen LogP contribution in [0.15, 0.2) is 63.9 Å². The van der Waals surface area contributed by atoms with Gasteiger partial charge < -0.3 is 0 Å². The summed E-state index contributed by atoms with van der Waals surface area (Å²) in [6.45, 7) is 0. The average molecular weight is 249 g/mol. The second-order valence-corrected chi connectivity index (χ2v) is 5.95. The molecule has 0 saturated carbocycles. The van der Waals surface area contributed by atoms with Gasteiger partial charge in [0.2, 0.25) is 0 Å². The minimum atomic E-state index is -2.52. The molecule has 0 spiro atoms. The topological polar surface area (TPSA) is 29.4 Å². The smallest absolute Gasteiger partial charge is 0.125 e. The van der Waals surface area contributed by atoms with E-state index >= 15 is 0 Å². The Kier molecular flexibility index (Phi) is 3.24. The van der Waals surface area contributed by atoms with E-state index in [9.17, 15) is 8.60 Å². The third-order valence-corrected chi connectivity index (χ3v) is 3.97. The molecular weight excluding hydrogens is 237 g/mol. The first-order chi connectivity index (χ1) is 8.08. The van der Waals surface area contributed by atoms with Gasteiger partial charge in [-0.25, -0.2) is 8.60 Å². The van der Waals surface area contributed by atoms with Crippen molar-refractivity contribution >= 4 is 15.4 Å². The minimum absolute atomic E-state index is 0.380.